The summed E-state index contributed by atoms with van der Waals surface area (Å²) in [6.07, 6.45) is 3.77. The van der Waals surface area contributed by atoms with Crippen LogP contribution < -0.4 is 0 Å². The third-order valence-corrected chi connectivity index (χ3v) is 0.811. The SMILES string of the molecule is C=[C]CCI. The number of hydrogen-bond donors (Lipinski definition) is 0. The predicted molar refractivity (Wildman–Crippen MR) is 32.4 cm³/mol. The molecule has 0 N–H and O–H groups in total. The molecule has 0 saturated heterocycles. The molecule has 0 unspecified atom stereocenters. The summed E-state index contributed by atoms with van der Waals surface area (Å²) in [5, 5.41) is 0. The molecule has 0 amide bonds. The van der Waals surface area contributed by atoms with Crippen molar-refractivity contribution in [2.45, 2.75) is 6.42 Å². The van der Waals surface area contributed by atoms with Crippen LogP contribution in [0.15, 0.2) is 6.58 Å². The molecule has 0 saturated carbocycles. The van der Waals surface area contributed by atoms with Gasteiger partial charge in [0.25, 0.3) is 0 Å². The summed E-state index contributed by atoms with van der Waals surface area (Å²) in [4.78, 5) is 0. The number of allylic oxidation sites excluding steroid dienone is 1. The van der Waals surface area contributed by atoms with Gasteiger partial charge in [0, 0.05) is 4.43 Å². The second-order valence-corrected chi connectivity index (χ2v) is 1.77. The molecule has 1 radical (unpaired) electrons. The molecule has 0 fully saturated rings. The fourth-order valence-corrected chi connectivity index (χ4v) is 0.448. The van der Waals surface area contributed by atoms with Crippen molar-refractivity contribution in [2.24, 2.45) is 0 Å². The summed E-state index contributed by atoms with van der Waals surface area (Å²) in [6, 6.07) is 0. The van der Waals surface area contributed by atoms with E-state index in [-0.39, 0.29) is 0 Å². The first-order valence-electron chi connectivity index (χ1n) is 1.47. The van der Waals surface area contributed by atoms with Gasteiger partial charge in [-0.3, -0.25) is 0 Å². The molecule has 29 valence electrons. The van der Waals surface area contributed by atoms with Gasteiger partial charge in [0.05, 0.1) is 0 Å². The standard InChI is InChI=1S/C4H6I/c1-2-3-4-5/h1,3-4H2. The molecule has 0 aromatic carbocycles. The monoisotopic (exact) mass is 181 g/mol. The molecule has 0 nitrogen and oxygen atoms in total. The fourth-order valence-electron chi connectivity index (χ4n) is 0.0668. The molecule has 0 atom stereocenters. The Kier molecular flexibility index (Phi) is 4.89. The smallest absolute Gasteiger partial charge is 0.00357 e. The number of hydrogen-bond acceptors (Lipinski definition) is 0. The Bertz CT molecular complexity index is 24.8. The first-order valence-corrected chi connectivity index (χ1v) is 3.00. The first kappa shape index (κ1) is 5.47. The molecular formula is C4H6I. The molecule has 0 rings (SSSR count). The first-order chi connectivity index (χ1) is 2.41. The molecular weight excluding hydrogens is 175 g/mol. The van der Waals surface area contributed by atoms with Gasteiger partial charge < -0.3 is 0 Å². The van der Waals surface area contributed by atoms with E-state index in [0.29, 0.717) is 0 Å². The Morgan fingerprint density at radius 2 is 2.40 bits per heavy atom. The van der Waals surface area contributed by atoms with E-state index in [0.717, 1.165) is 10.8 Å². The molecule has 0 bridgehead atoms. The lowest BCUT2D eigenvalue weighted by atomic mass is 10.5. The van der Waals surface area contributed by atoms with Crippen LogP contribution >= 0.6 is 22.6 Å². The maximum atomic E-state index is 3.42. The maximum absolute atomic E-state index is 3.42. The van der Waals surface area contributed by atoms with Gasteiger partial charge in [-0.2, -0.15) is 0 Å². The van der Waals surface area contributed by atoms with Crippen LogP contribution in [0, 0.1) is 6.08 Å². The van der Waals surface area contributed by atoms with Crippen molar-refractivity contribution in [3.8, 4) is 0 Å². The van der Waals surface area contributed by atoms with Crippen molar-refractivity contribution in [2.75, 3.05) is 4.43 Å². The summed E-state index contributed by atoms with van der Waals surface area (Å²) < 4.78 is 1.14. The van der Waals surface area contributed by atoms with Crippen LogP contribution in [0.25, 0.3) is 0 Å². The quantitative estimate of drug-likeness (QED) is 0.450. The minimum absolute atomic E-state index is 1.01. The van der Waals surface area contributed by atoms with E-state index >= 15 is 0 Å². The average molecular weight is 181 g/mol. The minimum Gasteiger partial charge on any atom is -0.0956 e. The van der Waals surface area contributed by atoms with Gasteiger partial charge in [0.2, 0.25) is 0 Å². The normalized spacial score (nSPS) is 7.40. The van der Waals surface area contributed by atoms with Crippen LogP contribution in [0.3, 0.4) is 0 Å². The molecule has 0 aliphatic rings. The number of alkyl halides is 1. The van der Waals surface area contributed by atoms with E-state index in [2.05, 4.69) is 35.2 Å². The summed E-state index contributed by atoms with van der Waals surface area (Å²) >= 11 is 2.28. The van der Waals surface area contributed by atoms with Gasteiger partial charge in [0.15, 0.2) is 0 Å². The summed E-state index contributed by atoms with van der Waals surface area (Å²) in [5.41, 5.74) is 0. The maximum Gasteiger partial charge on any atom is 0.00357 e. The van der Waals surface area contributed by atoms with Crippen molar-refractivity contribution < 1.29 is 0 Å². The molecule has 0 spiro atoms. The molecule has 1 heteroatoms. The van der Waals surface area contributed by atoms with Crippen LogP contribution in [-0.4, -0.2) is 4.43 Å². The van der Waals surface area contributed by atoms with Gasteiger partial charge in [-0.1, -0.05) is 35.2 Å². The summed E-state index contributed by atoms with van der Waals surface area (Å²) in [5.74, 6) is 0. The van der Waals surface area contributed by atoms with E-state index in [4.69, 9.17) is 0 Å². The van der Waals surface area contributed by atoms with Crippen LogP contribution in [0.1, 0.15) is 6.42 Å². The number of halogens is 1. The van der Waals surface area contributed by atoms with Crippen molar-refractivity contribution >= 4 is 22.6 Å². The summed E-state index contributed by atoms with van der Waals surface area (Å²) in [6.45, 7) is 3.42. The van der Waals surface area contributed by atoms with E-state index in [1.165, 1.54) is 0 Å². The lowest BCUT2D eigenvalue weighted by molar-refractivity contribution is 1.24. The molecule has 0 aromatic heterocycles. The Morgan fingerprint density at radius 1 is 1.80 bits per heavy atom. The summed E-state index contributed by atoms with van der Waals surface area (Å²) in [7, 11) is 0. The Balaban J connectivity index is 2.40. The highest BCUT2D eigenvalue weighted by Crippen LogP contribution is 1.84. The van der Waals surface area contributed by atoms with Crippen LogP contribution in [0.4, 0.5) is 0 Å². The van der Waals surface area contributed by atoms with Crippen molar-refractivity contribution in [1.29, 1.82) is 0 Å². The van der Waals surface area contributed by atoms with E-state index in [1.807, 2.05) is 0 Å². The predicted octanol–water partition coefficient (Wildman–Crippen LogP) is 1.80. The van der Waals surface area contributed by atoms with E-state index in [9.17, 15) is 0 Å². The second-order valence-electron chi connectivity index (χ2n) is 0.689. The van der Waals surface area contributed by atoms with E-state index in [1.54, 1.807) is 0 Å². The second kappa shape index (κ2) is 4.47. The third kappa shape index (κ3) is 4.47. The van der Waals surface area contributed by atoms with Gasteiger partial charge in [-0.15, -0.1) is 0 Å². The molecule has 0 aliphatic carbocycles. The lowest BCUT2D eigenvalue weighted by Gasteiger charge is -1.70. The molecule has 0 aliphatic heterocycles. The zero-order valence-electron chi connectivity index (χ0n) is 3.00. The van der Waals surface area contributed by atoms with Gasteiger partial charge in [-0.05, 0) is 6.42 Å². The zero-order valence-corrected chi connectivity index (χ0v) is 5.16. The zero-order chi connectivity index (χ0) is 4.12. The van der Waals surface area contributed by atoms with Gasteiger partial charge in [-0.25, -0.2) is 0 Å². The minimum atomic E-state index is 1.01. The van der Waals surface area contributed by atoms with Gasteiger partial charge >= 0.3 is 0 Å². The highest BCUT2D eigenvalue weighted by molar-refractivity contribution is 14.1. The largest absolute Gasteiger partial charge is 0.0956 e. The lowest BCUT2D eigenvalue weighted by Crippen LogP contribution is -1.59. The van der Waals surface area contributed by atoms with Crippen molar-refractivity contribution in [1.82, 2.24) is 0 Å². The van der Waals surface area contributed by atoms with Crippen molar-refractivity contribution in [3.05, 3.63) is 12.7 Å². The van der Waals surface area contributed by atoms with E-state index < -0.39 is 0 Å². The van der Waals surface area contributed by atoms with Crippen LogP contribution in [-0.2, 0) is 0 Å². The van der Waals surface area contributed by atoms with Gasteiger partial charge in [0.1, 0.15) is 0 Å². The Labute approximate surface area is 46.4 Å². The third-order valence-electron chi connectivity index (χ3n) is 0.271. The number of rotatable bonds is 2. The Hall–Kier alpha value is 0.470. The molecule has 0 heterocycles. The Morgan fingerprint density at radius 3 is 2.40 bits per heavy atom. The van der Waals surface area contributed by atoms with Crippen LogP contribution in [0.2, 0.25) is 0 Å². The fraction of sp³-hybridized carbons (Fsp3) is 0.500. The highest BCUT2D eigenvalue weighted by Gasteiger charge is 1.64. The molecule has 0 aromatic rings. The average Bonchev–Trinajstić information content (AvgIpc) is 1.41. The van der Waals surface area contributed by atoms with Crippen LogP contribution in [0.5, 0.6) is 0 Å². The topological polar surface area (TPSA) is 0 Å². The molecule has 5 heavy (non-hydrogen) atoms. The van der Waals surface area contributed by atoms with Crippen molar-refractivity contribution in [3.63, 3.8) is 0 Å². The highest BCUT2D eigenvalue weighted by atomic mass is 127.